The van der Waals surface area contributed by atoms with E-state index in [4.69, 9.17) is 0 Å². The molecule has 1 saturated carbocycles. The molecule has 0 N–H and O–H groups in total. The van der Waals surface area contributed by atoms with Gasteiger partial charge in [-0.1, -0.05) is 6.92 Å². The third-order valence-corrected chi connectivity index (χ3v) is 2.33. The number of hydrogen-bond acceptors (Lipinski definition) is 1. The summed E-state index contributed by atoms with van der Waals surface area (Å²) in [6, 6.07) is 4.50. The first-order valence-corrected chi connectivity index (χ1v) is 4.53. The number of carbonyl (C=O) groups is 1. The average Bonchev–Trinajstić information content (AvgIpc) is 2.83. The van der Waals surface area contributed by atoms with Gasteiger partial charge in [-0.2, -0.15) is 0 Å². The molecule has 0 atom stereocenters. The van der Waals surface area contributed by atoms with Crippen LogP contribution in [0.4, 0.5) is 0 Å². The fourth-order valence-electron chi connectivity index (χ4n) is 1.48. The topological polar surface area (TPSA) is 22.0 Å². The van der Waals surface area contributed by atoms with Gasteiger partial charge >= 0.3 is 0 Å². The lowest BCUT2D eigenvalue weighted by Gasteiger charge is -2.04. The largest absolute Gasteiger partial charge is 0.342 e. The quantitative estimate of drug-likeness (QED) is 0.627. The first-order chi connectivity index (χ1) is 5.83. The van der Waals surface area contributed by atoms with E-state index in [2.05, 4.69) is 4.57 Å². The molecular formula is C10H13NO. The maximum Gasteiger partial charge on any atom is 0.178 e. The Morgan fingerprint density at radius 2 is 2.42 bits per heavy atom. The highest BCUT2D eigenvalue weighted by atomic mass is 16.1. The summed E-state index contributed by atoms with van der Waals surface area (Å²) < 4.78 is 2.12. The van der Waals surface area contributed by atoms with E-state index in [0.717, 1.165) is 5.69 Å². The highest BCUT2D eigenvalue weighted by Gasteiger charge is 2.25. The molecule has 0 aliphatic heterocycles. The number of aromatic nitrogens is 1. The van der Waals surface area contributed by atoms with Gasteiger partial charge in [-0.15, -0.1) is 0 Å². The Bertz CT molecular complexity index is 297. The molecular weight excluding hydrogens is 150 g/mol. The zero-order valence-electron chi connectivity index (χ0n) is 7.29. The molecule has 1 aliphatic rings. The van der Waals surface area contributed by atoms with Gasteiger partial charge in [-0.25, -0.2) is 0 Å². The van der Waals surface area contributed by atoms with Crippen LogP contribution in [0.5, 0.6) is 0 Å². The number of hydrogen-bond donors (Lipinski definition) is 0. The summed E-state index contributed by atoms with van der Waals surface area (Å²) in [7, 11) is 0. The first kappa shape index (κ1) is 7.59. The molecule has 1 aromatic heterocycles. The number of carbonyl (C=O) groups excluding carboxylic acids is 1. The van der Waals surface area contributed by atoms with Gasteiger partial charge in [0.1, 0.15) is 0 Å². The van der Waals surface area contributed by atoms with Crippen LogP contribution in [0.3, 0.4) is 0 Å². The van der Waals surface area contributed by atoms with Gasteiger partial charge in [0, 0.05) is 18.7 Å². The molecule has 2 heteroatoms. The maximum absolute atomic E-state index is 11.4. The minimum atomic E-state index is 0.256. The van der Waals surface area contributed by atoms with Crippen LogP contribution < -0.4 is 0 Å². The van der Waals surface area contributed by atoms with E-state index in [9.17, 15) is 4.79 Å². The van der Waals surface area contributed by atoms with Gasteiger partial charge < -0.3 is 4.57 Å². The van der Waals surface area contributed by atoms with Crippen LogP contribution in [0, 0.1) is 0 Å². The smallest absolute Gasteiger partial charge is 0.178 e. The molecule has 2 rings (SSSR count). The molecule has 1 aromatic rings. The summed E-state index contributed by atoms with van der Waals surface area (Å²) in [5.74, 6) is 0.256. The second kappa shape index (κ2) is 2.77. The summed E-state index contributed by atoms with van der Waals surface area (Å²) in [5.41, 5.74) is 0.889. The molecule has 2 nitrogen and oxygen atoms in total. The molecule has 1 fully saturated rings. The van der Waals surface area contributed by atoms with Crippen molar-refractivity contribution >= 4 is 5.78 Å². The minimum absolute atomic E-state index is 0.256. The lowest BCUT2D eigenvalue weighted by atomic mass is 10.2. The number of rotatable bonds is 3. The second-order valence-electron chi connectivity index (χ2n) is 3.31. The fraction of sp³-hybridized carbons (Fsp3) is 0.500. The summed E-state index contributed by atoms with van der Waals surface area (Å²) in [4.78, 5) is 11.4. The maximum atomic E-state index is 11.4. The molecule has 0 aromatic carbocycles. The lowest BCUT2D eigenvalue weighted by molar-refractivity contribution is 0.0979. The van der Waals surface area contributed by atoms with E-state index in [1.165, 1.54) is 12.8 Å². The summed E-state index contributed by atoms with van der Waals surface area (Å²) in [6.45, 7) is 1.91. The van der Waals surface area contributed by atoms with Crippen molar-refractivity contribution in [2.45, 2.75) is 32.2 Å². The van der Waals surface area contributed by atoms with Crippen LogP contribution in [-0.4, -0.2) is 10.4 Å². The van der Waals surface area contributed by atoms with E-state index in [0.29, 0.717) is 12.5 Å². The van der Waals surface area contributed by atoms with Crippen molar-refractivity contribution in [3.05, 3.63) is 24.0 Å². The Balaban J connectivity index is 2.29. The monoisotopic (exact) mass is 163 g/mol. The van der Waals surface area contributed by atoms with Crippen LogP contribution in [-0.2, 0) is 0 Å². The standard InChI is InChI=1S/C10H13NO/c1-2-10(12)9-4-3-7-11(9)8-5-6-8/h3-4,7-8H,2,5-6H2,1H3. The van der Waals surface area contributed by atoms with E-state index >= 15 is 0 Å². The SMILES string of the molecule is CCC(=O)c1cccn1C1CC1. The Morgan fingerprint density at radius 3 is 3.00 bits per heavy atom. The molecule has 64 valence electrons. The van der Waals surface area contributed by atoms with E-state index < -0.39 is 0 Å². The molecule has 12 heavy (non-hydrogen) atoms. The summed E-state index contributed by atoms with van der Waals surface area (Å²) in [6.07, 6.45) is 5.09. The molecule has 0 radical (unpaired) electrons. The van der Waals surface area contributed by atoms with Crippen LogP contribution in [0.25, 0.3) is 0 Å². The third-order valence-electron chi connectivity index (χ3n) is 2.33. The zero-order chi connectivity index (χ0) is 8.55. The van der Waals surface area contributed by atoms with Crippen molar-refractivity contribution in [3.63, 3.8) is 0 Å². The molecule has 0 spiro atoms. The van der Waals surface area contributed by atoms with E-state index in [1.807, 2.05) is 25.3 Å². The Hall–Kier alpha value is -1.05. The highest BCUT2D eigenvalue weighted by Crippen LogP contribution is 2.36. The molecule has 1 aliphatic carbocycles. The third kappa shape index (κ3) is 1.17. The molecule has 0 saturated heterocycles. The number of ketones is 1. The summed E-state index contributed by atoms with van der Waals surface area (Å²) in [5, 5.41) is 0. The van der Waals surface area contributed by atoms with Gasteiger partial charge in [0.25, 0.3) is 0 Å². The highest BCUT2D eigenvalue weighted by molar-refractivity contribution is 5.94. The lowest BCUT2D eigenvalue weighted by Crippen LogP contribution is -2.05. The Kier molecular flexibility index (Phi) is 1.75. The van der Waals surface area contributed by atoms with Gasteiger partial charge in [-0.05, 0) is 25.0 Å². The van der Waals surface area contributed by atoms with E-state index in [-0.39, 0.29) is 5.78 Å². The Morgan fingerprint density at radius 1 is 1.67 bits per heavy atom. The average molecular weight is 163 g/mol. The number of Topliss-reactive ketones (excluding diaryl/α,β-unsaturated/α-hetero) is 1. The molecule has 0 unspecified atom stereocenters. The van der Waals surface area contributed by atoms with Crippen LogP contribution >= 0.6 is 0 Å². The summed E-state index contributed by atoms with van der Waals surface area (Å²) >= 11 is 0. The van der Waals surface area contributed by atoms with Gasteiger partial charge in [-0.3, -0.25) is 4.79 Å². The zero-order valence-corrected chi connectivity index (χ0v) is 7.29. The van der Waals surface area contributed by atoms with Crippen molar-refractivity contribution in [2.75, 3.05) is 0 Å². The second-order valence-corrected chi connectivity index (χ2v) is 3.31. The predicted molar refractivity (Wildman–Crippen MR) is 47.3 cm³/mol. The molecule has 0 bridgehead atoms. The first-order valence-electron chi connectivity index (χ1n) is 4.53. The Labute approximate surface area is 72.2 Å². The van der Waals surface area contributed by atoms with Gasteiger partial charge in [0.2, 0.25) is 0 Å². The van der Waals surface area contributed by atoms with Crippen LogP contribution in [0.2, 0.25) is 0 Å². The van der Waals surface area contributed by atoms with Crippen molar-refractivity contribution < 1.29 is 4.79 Å². The van der Waals surface area contributed by atoms with Crippen LogP contribution in [0.15, 0.2) is 18.3 Å². The predicted octanol–water partition coefficient (Wildman–Crippen LogP) is 2.42. The van der Waals surface area contributed by atoms with E-state index in [1.54, 1.807) is 0 Å². The van der Waals surface area contributed by atoms with Gasteiger partial charge in [0.15, 0.2) is 5.78 Å². The fourth-order valence-corrected chi connectivity index (χ4v) is 1.48. The minimum Gasteiger partial charge on any atom is -0.342 e. The van der Waals surface area contributed by atoms with Crippen LogP contribution in [0.1, 0.15) is 42.7 Å². The molecule has 0 amide bonds. The molecule has 1 heterocycles. The van der Waals surface area contributed by atoms with Crippen molar-refractivity contribution in [2.24, 2.45) is 0 Å². The van der Waals surface area contributed by atoms with Gasteiger partial charge in [0.05, 0.1) is 5.69 Å². The van der Waals surface area contributed by atoms with Crippen molar-refractivity contribution in [1.82, 2.24) is 4.57 Å². The van der Waals surface area contributed by atoms with Crippen molar-refractivity contribution in [3.8, 4) is 0 Å². The number of nitrogens with zero attached hydrogens (tertiary/aromatic N) is 1. The normalized spacial score (nSPS) is 16.4. The van der Waals surface area contributed by atoms with Crippen molar-refractivity contribution in [1.29, 1.82) is 0 Å².